The number of hydrogen-bond acceptors (Lipinski definition) is 11. The van der Waals surface area contributed by atoms with Crippen LogP contribution in [0.1, 0.15) is 29.8 Å². The topological polar surface area (TPSA) is 165 Å². The summed E-state index contributed by atoms with van der Waals surface area (Å²) in [5.74, 6) is -0.765. The van der Waals surface area contributed by atoms with E-state index in [2.05, 4.69) is 24.7 Å². The minimum Gasteiger partial charge on any atom is -0.477 e. The molecule has 376 valence electrons. The quantitative estimate of drug-likeness (QED) is 0.0640. The van der Waals surface area contributed by atoms with Gasteiger partial charge in [0, 0.05) is 103 Å². The molecular formula is C50H51Cl2F3N6O7S3. The fourth-order valence-electron chi connectivity index (χ4n) is 8.85. The van der Waals surface area contributed by atoms with Crippen molar-refractivity contribution in [3.8, 4) is 22.3 Å². The first-order chi connectivity index (χ1) is 33.8. The molecule has 1 atom stereocenters. The number of carboxylic acid groups (broad SMARTS) is 1. The van der Waals surface area contributed by atoms with Gasteiger partial charge in [-0.15, -0.1) is 11.8 Å². The van der Waals surface area contributed by atoms with Gasteiger partial charge in [0.15, 0.2) is 0 Å². The van der Waals surface area contributed by atoms with Crippen LogP contribution in [0.25, 0.3) is 22.3 Å². The number of sulfone groups is 1. The molecule has 71 heavy (non-hydrogen) atoms. The average molecular weight is 1070 g/mol. The van der Waals surface area contributed by atoms with Gasteiger partial charge < -0.3 is 34.8 Å². The van der Waals surface area contributed by atoms with Gasteiger partial charge in [-0.3, -0.25) is 4.72 Å². The van der Waals surface area contributed by atoms with Crippen LogP contribution in [0.5, 0.6) is 0 Å². The van der Waals surface area contributed by atoms with Gasteiger partial charge >= 0.3 is 11.5 Å². The van der Waals surface area contributed by atoms with Crippen molar-refractivity contribution in [1.82, 2.24) is 9.47 Å². The SMILES string of the molecule is Cn1c(Cl)c(-c2ccc(Cl)cc2)c(-c2cccc(N3CCN(c4ccc(NS(=O)(=O)c5ccc(NC(CCN6CCC(O)CC6)CSc6ccccc6)c(S(=O)(=O)C(F)(F)F)c5)cc4)CC3)c2)c1C(=O)O. The molecule has 2 aliphatic heterocycles. The Hall–Kier alpha value is -5.41. The predicted molar refractivity (Wildman–Crippen MR) is 275 cm³/mol. The van der Waals surface area contributed by atoms with E-state index in [1.165, 1.54) is 28.5 Å². The van der Waals surface area contributed by atoms with Gasteiger partial charge in [-0.2, -0.15) is 13.2 Å². The largest absolute Gasteiger partial charge is 0.501 e. The number of aliphatic hydroxyl groups is 1. The number of benzene rings is 5. The normalized spacial score (nSPS) is 15.7. The van der Waals surface area contributed by atoms with Crippen LogP contribution in [0.2, 0.25) is 10.2 Å². The van der Waals surface area contributed by atoms with Crippen molar-refractivity contribution in [2.24, 2.45) is 7.05 Å². The maximum absolute atomic E-state index is 14.3. The van der Waals surface area contributed by atoms with Crippen LogP contribution >= 0.6 is 35.0 Å². The lowest BCUT2D eigenvalue weighted by molar-refractivity contribution is -0.0436. The predicted octanol–water partition coefficient (Wildman–Crippen LogP) is 10.2. The highest BCUT2D eigenvalue weighted by atomic mass is 35.5. The zero-order valence-electron chi connectivity index (χ0n) is 38.3. The molecule has 0 radical (unpaired) electrons. The van der Waals surface area contributed by atoms with Crippen molar-refractivity contribution in [2.75, 3.05) is 71.4 Å². The number of hydrogen-bond donors (Lipinski definition) is 4. The molecule has 5 aromatic carbocycles. The molecule has 1 unspecified atom stereocenters. The van der Waals surface area contributed by atoms with Gasteiger partial charge in [-0.25, -0.2) is 21.6 Å². The third kappa shape index (κ3) is 11.9. The Morgan fingerprint density at radius 1 is 0.775 bits per heavy atom. The van der Waals surface area contributed by atoms with Crippen molar-refractivity contribution < 1.29 is 45.0 Å². The lowest BCUT2D eigenvalue weighted by atomic mass is 9.96. The number of thioether (sulfide) groups is 1. The van der Waals surface area contributed by atoms with Crippen molar-refractivity contribution in [1.29, 1.82) is 0 Å². The van der Waals surface area contributed by atoms with Crippen LogP contribution < -0.4 is 19.8 Å². The number of aromatic carboxylic acids is 1. The first-order valence-corrected chi connectivity index (χ1v) is 27.4. The maximum Gasteiger partial charge on any atom is 0.501 e. The van der Waals surface area contributed by atoms with Crippen LogP contribution in [-0.2, 0) is 26.9 Å². The molecule has 0 amide bonds. The molecule has 1 aromatic heterocycles. The summed E-state index contributed by atoms with van der Waals surface area (Å²) < 4.78 is 100. The molecule has 2 fully saturated rings. The van der Waals surface area contributed by atoms with E-state index in [1.807, 2.05) is 54.6 Å². The fraction of sp³-hybridized carbons (Fsp3) is 0.300. The zero-order valence-corrected chi connectivity index (χ0v) is 42.3. The molecule has 2 saturated heterocycles. The summed E-state index contributed by atoms with van der Waals surface area (Å²) in [6, 6.07) is 32.6. The Labute approximate surface area is 425 Å². The fourth-order valence-corrected chi connectivity index (χ4v) is 12.4. The van der Waals surface area contributed by atoms with Crippen molar-refractivity contribution in [3.63, 3.8) is 0 Å². The number of likely N-dealkylation sites (tertiary alicyclic amines) is 1. The number of rotatable bonds is 17. The van der Waals surface area contributed by atoms with Crippen LogP contribution in [0.3, 0.4) is 0 Å². The lowest BCUT2D eigenvalue weighted by Gasteiger charge is -2.37. The van der Waals surface area contributed by atoms with E-state index in [4.69, 9.17) is 23.2 Å². The van der Waals surface area contributed by atoms with Gasteiger partial charge in [0.1, 0.15) is 15.7 Å². The number of anilines is 4. The maximum atomic E-state index is 14.3. The van der Waals surface area contributed by atoms with Gasteiger partial charge in [0.2, 0.25) is 0 Å². The Morgan fingerprint density at radius 3 is 2.06 bits per heavy atom. The summed E-state index contributed by atoms with van der Waals surface area (Å²) in [7, 11) is -9.02. The van der Waals surface area contributed by atoms with E-state index in [-0.39, 0.29) is 22.2 Å². The monoisotopic (exact) mass is 1070 g/mol. The summed E-state index contributed by atoms with van der Waals surface area (Å²) in [5, 5.41) is 24.1. The van der Waals surface area contributed by atoms with Crippen molar-refractivity contribution in [2.45, 2.75) is 51.6 Å². The van der Waals surface area contributed by atoms with Gasteiger partial charge in [0.05, 0.1) is 16.7 Å². The molecule has 3 heterocycles. The van der Waals surface area contributed by atoms with E-state index in [9.17, 15) is 45.0 Å². The first-order valence-electron chi connectivity index (χ1n) is 22.7. The number of alkyl halides is 3. The smallest absolute Gasteiger partial charge is 0.477 e. The second kappa shape index (κ2) is 21.7. The molecule has 21 heteroatoms. The number of piperazine rings is 1. The van der Waals surface area contributed by atoms with Crippen molar-refractivity contribution in [3.05, 3.63) is 137 Å². The minimum atomic E-state index is -6.03. The molecule has 8 rings (SSSR count). The molecule has 0 saturated carbocycles. The van der Waals surface area contributed by atoms with Crippen LogP contribution in [0.4, 0.5) is 35.9 Å². The number of piperidine rings is 1. The summed E-state index contributed by atoms with van der Waals surface area (Å²) >= 11 is 14.4. The number of nitrogens with zero attached hydrogens (tertiary/aromatic N) is 4. The molecule has 0 bridgehead atoms. The highest BCUT2D eigenvalue weighted by Crippen LogP contribution is 2.44. The lowest BCUT2D eigenvalue weighted by Crippen LogP contribution is -2.46. The molecule has 0 aliphatic carbocycles. The highest BCUT2D eigenvalue weighted by Gasteiger charge is 2.48. The van der Waals surface area contributed by atoms with Gasteiger partial charge in [0.25, 0.3) is 19.9 Å². The summed E-state index contributed by atoms with van der Waals surface area (Å²) in [6.45, 7) is 4.16. The third-order valence-corrected chi connectivity index (χ3v) is 17.5. The van der Waals surface area contributed by atoms with Crippen molar-refractivity contribution >= 4 is 83.5 Å². The number of aliphatic hydroxyl groups excluding tert-OH is 1. The van der Waals surface area contributed by atoms with E-state index >= 15 is 0 Å². The Morgan fingerprint density at radius 2 is 1.42 bits per heavy atom. The molecular weight excluding hydrogens is 1020 g/mol. The van der Waals surface area contributed by atoms with E-state index < -0.39 is 53.3 Å². The molecule has 4 N–H and O–H groups in total. The summed E-state index contributed by atoms with van der Waals surface area (Å²) in [4.78, 5) is 18.0. The van der Waals surface area contributed by atoms with Crippen LogP contribution in [-0.4, -0.2) is 112 Å². The summed E-state index contributed by atoms with van der Waals surface area (Å²) in [6.07, 6.45) is 1.22. The highest BCUT2D eigenvalue weighted by molar-refractivity contribution is 7.99. The van der Waals surface area contributed by atoms with Gasteiger partial charge in [-0.1, -0.05) is 65.7 Å². The molecule has 13 nitrogen and oxygen atoms in total. The Bertz CT molecular complexity index is 3080. The molecule has 6 aromatic rings. The number of carboxylic acids is 1. The standard InChI is InChI=1S/C50H51Cl2F3N6O7S3/c1-58-47(49(63)64)45(46(48(58)52)33-10-12-35(51)13-11-33)34-6-5-7-39(30-34)61-28-26-60(27-29-61)38-16-14-36(15-17-38)57-71(67,68)42-18-19-43(44(31-42)70(65,66)50(53,54)55)56-37(32-69-41-8-3-2-4-9-41)20-23-59-24-21-40(62)22-25-59/h2-19,30-31,37,40,56-57,62H,20-29,32H2,1H3,(H,63,64). The summed E-state index contributed by atoms with van der Waals surface area (Å²) in [5.41, 5.74) is -1.87. The number of aromatic nitrogens is 1. The number of halogens is 5. The Balaban J connectivity index is 0.960. The number of carbonyl (C=O) groups is 1. The minimum absolute atomic E-state index is 0.0400. The zero-order chi connectivity index (χ0) is 50.7. The van der Waals surface area contributed by atoms with Gasteiger partial charge in [-0.05, 0) is 109 Å². The molecule has 2 aliphatic rings. The van der Waals surface area contributed by atoms with Crippen LogP contribution in [0, 0.1) is 0 Å². The molecule has 0 spiro atoms. The second-order valence-corrected chi connectivity index (χ2v) is 22.9. The van der Waals surface area contributed by atoms with E-state index in [0.717, 1.165) is 28.4 Å². The number of nitrogens with one attached hydrogen (secondary N) is 2. The average Bonchev–Trinajstić information content (AvgIpc) is 3.62. The first kappa shape index (κ1) is 51.9. The van der Waals surface area contributed by atoms with E-state index in [1.54, 1.807) is 43.4 Å². The number of sulfonamides is 1. The second-order valence-electron chi connectivity index (χ2n) is 17.4. The van der Waals surface area contributed by atoms with E-state index in [0.29, 0.717) is 104 Å². The van der Waals surface area contributed by atoms with Crippen LogP contribution in [0.15, 0.2) is 136 Å². The third-order valence-electron chi connectivity index (χ3n) is 12.7. The Kier molecular flexibility index (Phi) is 15.9.